The Balaban J connectivity index is 1.37. The fourth-order valence-electron chi connectivity index (χ4n) is 4.07. The van der Waals surface area contributed by atoms with Crippen LogP contribution in [0.15, 0.2) is 72.8 Å². The van der Waals surface area contributed by atoms with Crippen molar-refractivity contribution >= 4 is 23.2 Å². The number of benzene rings is 3. The molecule has 1 aliphatic rings. The van der Waals surface area contributed by atoms with E-state index in [4.69, 9.17) is 0 Å². The van der Waals surface area contributed by atoms with E-state index >= 15 is 0 Å². The van der Waals surface area contributed by atoms with Crippen LogP contribution in [0.25, 0.3) is 11.1 Å². The molecule has 0 radical (unpaired) electrons. The van der Waals surface area contributed by atoms with Gasteiger partial charge >= 0.3 is 0 Å². The number of amides is 2. The molecule has 1 saturated heterocycles. The molecule has 0 aliphatic carbocycles. The molecule has 3 aromatic rings. The van der Waals surface area contributed by atoms with Crippen molar-refractivity contribution in [3.63, 3.8) is 0 Å². The number of carbonyl (C=O) groups is 2. The van der Waals surface area contributed by atoms with Gasteiger partial charge in [0.1, 0.15) is 0 Å². The van der Waals surface area contributed by atoms with Gasteiger partial charge in [-0.1, -0.05) is 42.0 Å². The van der Waals surface area contributed by atoms with E-state index in [0.717, 1.165) is 42.0 Å². The third kappa shape index (κ3) is 4.83. The predicted molar refractivity (Wildman–Crippen MR) is 130 cm³/mol. The second kappa shape index (κ2) is 9.27. The Hall–Kier alpha value is -3.60. The highest BCUT2D eigenvalue weighted by atomic mass is 16.2. The highest BCUT2D eigenvalue weighted by molar-refractivity contribution is 6.04. The van der Waals surface area contributed by atoms with Crippen molar-refractivity contribution in [2.75, 3.05) is 30.4 Å². The summed E-state index contributed by atoms with van der Waals surface area (Å²) in [5, 5.41) is 2.97. The van der Waals surface area contributed by atoms with Gasteiger partial charge in [0.2, 0.25) is 5.91 Å². The molecule has 1 unspecified atom stereocenters. The van der Waals surface area contributed by atoms with E-state index in [0.29, 0.717) is 5.56 Å². The first kappa shape index (κ1) is 21.6. The van der Waals surface area contributed by atoms with E-state index in [-0.39, 0.29) is 17.9 Å². The monoisotopic (exact) mass is 427 g/mol. The molecule has 0 saturated carbocycles. The lowest BCUT2D eigenvalue weighted by atomic mass is 10.0. The Labute approximate surface area is 189 Å². The van der Waals surface area contributed by atoms with E-state index in [9.17, 15) is 9.59 Å². The van der Waals surface area contributed by atoms with Gasteiger partial charge in [0.15, 0.2) is 0 Å². The summed E-state index contributed by atoms with van der Waals surface area (Å²) in [6.45, 7) is 5.42. The lowest BCUT2D eigenvalue weighted by molar-refractivity contribution is -0.129. The summed E-state index contributed by atoms with van der Waals surface area (Å²) in [5.41, 5.74) is 5.94. The van der Waals surface area contributed by atoms with Crippen LogP contribution in [0.1, 0.15) is 29.3 Å². The summed E-state index contributed by atoms with van der Waals surface area (Å²) in [7, 11) is 1.86. The van der Waals surface area contributed by atoms with Crippen LogP contribution in [0.5, 0.6) is 0 Å². The lowest BCUT2D eigenvalue weighted by Gasteiger charge is -2.24. The van der Waals surface area contributed by atoms with Gasteiger partial charge in [-0.3, -0.25) is 9.59 Å². The smallest absolute Gasteiger partial charge is 0.255 e. The topological polar surface area (TPSA) is 52.7 Å². The van der Waals surface area contributed by atoms with Crippen LogP contribution in [0.2, 0.25) is 0 Å². The van der Waals surface area contributed by atoms with Crippen molar-refractivity contribution in [2.24, 2.45) is 0 Å². The van der Waals surface area contributed by atoms with E-state index in [1.165, 1.54) is 5.56 Å². The van der Waals surface area contributed by atoms with E-state index in [2.05, 4.69) is 41.4 Å². The average Bonchev–Trinajstić information content (AvgIpc) is 3.30. The largest absolute Gasteiger partial charge is 0.369 e. The zero-order chi connectivity index (χ0) is 22.7. The van der Waals surface area contributed by atoms with Crippen LogP contribution < -0.4 is 10.2 Å². The minimum absolute atomic E-state index is 0.0989. The number of nitrogens with zero attached hydrogens (tertiary/aromatic N) is 2. The molecule has 5 heteroatoms. The summed E-state index contributed by atoms with van der Waals surface area (Å²) in [6, 6.07) is 24.2. The van der Waals surface area contributed by atoms with Gasteiger partial charge < -0.3 is 15.1 Å². The Morgan fingerprint density at radius 2 is 1.50 bits per heavy atom. The third-order valence-corrected chi connectivity index (χ3v) is 6.23. The zero-order valence-corrected chi connectivity index (χ0v) is 18.8. The first-order valence-electron chi connectivity index (χ1n) is 11.0. The van der Waals surface area contributed by atoms with Crippen LogP contribution in [0.4, 0.5) is 11.4 Å². The van der Waals surface area contributed by atoms with Crippen LogP contribution in [0, 0.1) is 6.92 Å². The average molecular weight is 428 g/mol. The highest BCUT2D eigenvalue weighted by Gasteiger charge is 2.27. The van der Waals surface area contributed by atoms with Gasteiger partial charge in [0.05, 0.1) is 6.04 Å². The first-order chi connectivity index (χ1) is 15.4. The molecular weight excluding hydrogens is 398 g/mol. The molecule has 1 N–H and O–H groups in total. The number of likely N-dealkylation sites (N-methyl/N-ethyl adjacent to an activating group) is 1. The molecule has 164 valence electrons. The summed E-state index contributed by atoms with van der Waals surface area (Å²) in [4.78, 5) is 28.4. The molecule has 1 atom stereocenters. The first-order valence-corrected chi connectivity index (χ1v) is 11.0. The fourth-order valence-corrected chi connectivity index (χ4v) is 4.07. The second-order valence-corrected chi connectivity index (χ2v) is 8.46. The van der Waals surface area contributed by atoms with Gasteiger partial charge in [-0.05, 0) is 60.9 Å². The number of carbonyl (C=O) groups excluding carboxylic acids is 2. The van der Waals surface area contributed by atoms with Crippen molar-refractivity contribution in [3.8, 4) is 11.1 Å². The van der Waals surface area contributed by atoms with Gasteiger partial charge in [-0.25, -0.2) is 0 Å². The number of aryl methyl sites for hydroxylation is 1. The SMILES string of the molecule is CC(=O)N(C)C1CCN(c2ccc(NC(=O)c3ccc(-c4ccc(C)cc4)cc3)cc2)C1. The molecule has 5 nitrogen and oxygen atoms in total. The van der Waals surface area contributed by atoms with Gasteiger partial charge in [0.25, 0.3) is 5.91 Å². The van der Waals surface area contributed by atoms with Crippen molar-refractivity contribution in [1.29, 1.82) is 0 Å². The van der Waals surface area contributed by atoms with Crippen molar-refractivity contribution in [3.05, 3.63) is 83.9 Å². The maximum absolute atomic E-state index is 12.7. The maximum Gasteiger partial charge on any atom is 0.255 e. The van der Waals surface area contributed by atoms with E-state index in [1.807, 2.05) is 60.5 Å². The minimum atomic E-state index is -0.127. The molecule has 32 heavy (non-hydrogen) atoms. The van der Waals surface area contributed by atoms with Gasteiger partial charge in [0, 0.05) is 44.0 Å². The number of rotatable bonds is 5. The number of anilines is 2. The van der Waals surface area contributed by atoms with Crippen LogP contribution >= 0.6 is 0 Å². The number of hydrogen-bond acceptors (Lipinski definition) is 3. The van der Waals surface area contributed by atoms with Crippen molar-refractivity contribution in [1.82, 2.24) is 4.90 Å². The predicted octanol–water partition coefficient (Wildman–Crippen LogP) is 4.97. The summed E-state index contributed by atoms with van der Waals surface area (Å²) in [6.07, 6.45) is 0.965. The Bertz CT molecular complexity index is 1090. The van der Waals surface area contributed by atoms with Crippen molar-refractivity contribution in [2.45, 2.75) is 26.3 Å². The lowest BCUT2D eigenvalue weighted by Crippen LogP contribution is -2.37. The Morgan fingerprint density at radius 1 is 0.906 bits per heavy atom. The molecule has 0 bridgehead atoms. The van der Waals surface area contributed by atoms with Gasteiger partial charge in [-0.15, -0.1) is 0 Å². The molecule has 4 rings (SSSR count). The molecular formula is C27H29N3O2. The Morgan fingerprint density at radius 3 is 2.09 bits per heavy atom. The standard InChI is InChI=1S/C27H29N3O2/c1-19-4-6-21(7-5-19)22-8-10-23(11-9-22)27(32)28-24-12-14-25(15-13-24)30-17-16-26(18-30)29(3)20(2)31/h4-15,26H,16-18H2,1-3H3,(H,28,32). The maximum atomic E-state index is 12.7. The number of nitrogens with one attached hydrogen (secondary N) is 1. The quantitative estimate of drug-likeness (QED) is 0.625. The summed E-state index contributed by atoms with van der Waals surface area (Å²) >= 11 is 0. The third-order valence-electron chi connectivity index (χ3n) is 6.23. The molecule has 0 spiro atoms. The molecule has 1 heterocycles. The molecule has 1 aliphatic heterocycles. The van der Waals surface area contributed by atoms with E-state index in [1.54, 1.807) is 6.92 Å². The number of hydrogen-bond donors (Lipinski definition) is 1. The normalized spacial score (nSPS) is 15.5. The highest BCUT2D eigenvalue weighted by Crippen LogP contribution is 2.25. The second-order valence-electron chi connectivity index (χ2n) is 8.46. The molecule has 3 aromatic carbocycles. The van der Waals surface area contributed by atoms with Crippen molar-refractivity contribution < 1.29 is 9.59 Å². The molecule has 2 amide bonds. The van der Waals surface area contributed by atoms with E-state index < -0.39 is 0 Å². The van der Waals surface area contributed by atoms with Crippen LogP contribution in [0.3, 0.4) is 0 Å². The Kier molecular flexibility index (Phi) is 6.26. The summed E-state index contributed by atoms with van der Waals surface area (Å²) < 4.78 is 0. The molecule has 0 aromatic heterocycles. The zero-order valence-electron chi connectivity index (χ0n) is 18.8. The van der Waals surface area contributed by atoms with Crippen LogP contribution in [-0.2, 0) is 4.79 Å². The van der Waals surface area contributed by atoms with Crippen LogP contribution in [-0.4, -0.2) is 42.9 Å². The summed E-state index contributed by atoms with van der Waals surface area (Å²) in [5.74, 6) is -0.0284. The van der Waals surface area contributed by atoms with Gasteiger partial charge in [-0.2, -0.15) is 0 Å². The minimum Gasteiger partial charge on any atom is -0.369 e. The fraction of sp³-hybridized carbons (Fsp3) is 0.259. The molecule has 1 fully saturated rings.